The maximum Gasteiger partial charge on any atom is 0.226 e. The van der Waals surface area contributed by atoms with Gasteiger partial charge in [-0.15, -0.1) is 0 Å². The van der Waals surface area contributed by atoms with Gasteiger partial charge in [0, 0.05) is 19.0 Å². The number of likely N-dealkylation sites (tertiary alicyclic amines) is 1. The Morgan fingerprint density at radius 2 is 2.16 bits per heavy atom. The molecule has 3 atom stereocenters. The average Bonchev–Trinajstić information content (AvgIpc) is 3.18. The fourth-order valence-corrected chi connectivity index (χ4v) is 3.20. The van der Waals surface area contributed by atoms with Crippen LogP contribution in [-0.4, -0.2) is 35.1 Å². The van der Waals surface area contributed by atoms with Gasteiger partial charge in [0.15, 0.2) is 0 Å². The molecule has 1 heterocycles. The van der Waals surface area contributed by atoms with Crippen LogP contribution in [0.4, 0.5) is 0 Å². The van der Waals surface area contributed by atoms with E-state index in [-0.39, 0.29) is 17.9 Å². The number of amides is 1. The molecule has 1 amide bonds. The van der Waals surface area contributed by atoms with Crippen LogP contribution in [0.15, 0.2) is 24.3 Å². The van der Waals surface area contributed by atoms with Crippen molar-refractivity contribution < 1.29 is 9.90 Å². The molecule has 2 aliphatic rings. The van der Waals surface area contributed by atoms with Crippen LogP contribution in [0.1, 0.15) is 36.3 Å². The Kier molecular flexibility index (Phi) is 3.31. The number of β-amino-alcohol motifs (C(OH)–C–C–N with tert-alkyl or cyclic N) is 1. The maximum atomic E-state index is 12.4. The van der Waals surface area contributed by atoms with Crippen molar-refractivity contribution in [3.8, 4) is 0 Å². The topological polar surface area (TPSA) is 40.5 Å². The number of carbonyl (C=O) groups excluding carboxylic acids is 1. The molecule has 1 aliphatic heterocycles. The number of aliphatic hydroxyl groups is 1. The van der Waals surface area contributed by atoms with Gasteiger partial charge >= 0.3 is 0 Å². The van der Waals surface area contributed by atoms with E-state index in [1.54, 1.807) is 0 Å². The smallest absolute Gasteiger partial charge is 0.226 e. The minimum atomic E-state index is -0.326. The summed E-state index contributed by atoms with van der Waals surface area (Å²) in [6, 6.07) is 8.34. The maximum absolute atomic E-state index is 12.4. The molecule has 1 aromatic carbocycles. The lowest BCUT2D eigenvalue weighted by Gasteiger charge is -2.30. The largest absolute Gasteiger partial charge is 0.391 e. The minimum absolute atomic E-state index is 0.145. The van der Waals surface area contributed by atoms with Gasteiger partial charge in [-0.1, -0.05) is 24.3 Å². The molecule has 1 saturated heterocycles. The first-order valence-electron chi connectivity index (χ1n) is 7.19. The van der Waals surface area contributed by atoms with Gasteiger partial charge in [0.1, 0.15) is 0 Å². The molecular formula is C16H21NO2. The molecule has 1 aromatic rings. The number of rotatable bonds is 2. The first kappa shape index (κ1) is 12.7. The highest BCUT2D eigenvalue weighted by Gasteiger charge is 2.46. The summed E-state index contributed by atoms with van der Waals surface area (Å²) in [6.45, 7) is 3.45. The Bertz CT molecular complexity index is 485. The Hall–Kier alpha value is -1.35. The van der Waals surface area contributed by atoms with Crippen LogP contribution in [0.25, 0.3) is 0 Å². The molecule has 102 valence electrons. The van der Waals surface area contributed by atoms with Gasteiger partial charge in [-0.05, 0) is 43.2 Å². The van der Waals surface area contributed by atoms with Crippen molar-refractivity contribution in [1.82, 2.24) is 4.90 Å². The van der Waals surface area contributed by atoms with Crippen molar-refractivity contribution in [3.05, 3.63) is 35.4 Å². The summed E-state index contributed by atoms with van der Waals surface area (Å²) in [6.07, 6.45) is 2.40. The van der Waals surface area contributed by atoms with Gasteiger partial charge in [-0.2, -0.15) is 0 Å². The highest BCUT2D eigenvalue weighted by atomic mass is 16.3. The van der Waals surface area contributed by atoms with E-state index >= 15 is 0 Å². The quantitative estimate of drug-likeness (QED) is 0.883. The molecule has 0 radical (unpaired) electrons. The van der Waals surface area contributed by atoms with E-state index in [0.29, 0.717) is 12.5 Å². The molecule has 2 fully saturated rings. The highest BCUT2D eigenvalue weighted by Crippen LogP contribution is 2.49. The lowest BCUT2D eigenvalue weighted by atomic mass is 10.0. The SMILES string of the molecule is Cc1ccccc1C1CC1C(=O)N1CCCC(O)C1. The van der Waals surface area contributed by atoms with Crippen LogP contribution in [0, 0.1) is 12.8 Å². The zero-order valence-corrected chi connectivity index (χ0v) is 11.4. The number of carbonyl (C=O) groups is 1. The van der Waals surface area contributed by atoms with Gasteiger partial charge in [-0.25, -0.2) is 0 Å². The third-order valence-electron chi connectivity index (χ3n) is 4.40. The van der Waals surface area contributed by atoms with Crippen LogP contribution < -0.4 is 0 Å². The second-order valence-corrected chi connectivity index (χ2v) is 5.89. The highest BCUT2D eigenvalue weighted by molar-refractivity contribution is 5.83. The molecule has 1 saturated carbocycles. The van der Waals surface area contributed by atoms with Crippen LogP contribution >= 0.6 is 0 Å². The van der Waals surface area contributed by atoms with E-state index in [1.807, 2.05) is 17.0 Å². The molecule has 3 heteroatoms. The number of aryl methyl sites for hydroxylation is 1. The van der Waals surface area contributed by atoms with E-state index in [4.69, 9.17) is 0 Å². The molecule has 3 nitrogen and oxygen atoms in total. The second kappa shape index (κ2) is 4.97. The average molecular weight is 259 g/mol. The van der Waals surface area contributed by atoms with Crippen molar-refractivity contribution in [3.63, 3.8) is 0 Å². The molecule has 0 spiro atoms. The monoisotopic (exact) mass is 259 g/mol. The number of piperidine rings is 1. The third-order valence-corrected chi connectivity index (χ3v) is 4.40. The van der Waals surface area contributed by atoms with E-state index < -0.39 is 0 Å². The van der Waals surface area contributed by atoms with Crippen molar-refractivity contribution in [2.24, 2.45) is 5.92 Å². The second-order valence-electron chi connectivity index (χ2n) is 5.89. The zero-order valence-electron chi connectivity index (χ0n) is 11.4. The molecule has 19 heavy (non-hydrogen) atoms. The van der Waals surface area contributed by atoms with E-state index in [9.17, 15) is 9.90 Å². The molecule has 1 aliphatic carbocycles. The number of aliphatic hydroxyl groups excluding tert-OH is 1. The van der Waals surface area contributed by atoms with E-state index in [1.165, 1.54) is 11.1 Å². The summed E-state index contributed by atoms with van der Waals surface area (Å²) in [7, 11) is 0. The molecule has 0 bridgehead atoms. The number of benzene rings is 1. The van der Waals surface area contributed by atoms with Gasteiger partial charge in [0.2, 0.25) is 5.91 Å². The summed E-state index contributed by atoms with van der Waals surface area (Å²) in [5, 5.41) is 9.66. The molecule has 0 aromatic heterocycles. The normalized spacial score (nSPS) is 30.2. The summed E-state index contributed by atoms with van der Waals surface area (Å²) >= 11 is 0. The van der Waals surface area contributed by atoms with Crippen molar-refractivity contribution in [1.29, 1.82) is 0 Å². The fraction of sp³-hybridized carbons (Fsp3) is 0.562. The molecule has 3 rings (SSSR count). The van der Waals surface area contributed by atoms with Gasteiger partial charge in [0.05, 0.1) is 6.10 Å². The van der Waals surface area contributed by atoms with E-state index in [2.05, 4.69) is 19.1 Å². The minimum Gasteiger partial charge on any atom is -0.391 e. The summed E-state index contributed by atoms with van der Waals surface area (Å²) in [4.78, 5) is 14.3. The fourth-order valence-electron chi connectivity index (χ4n) is 3.20. The Morgan fingerprint density at radius 1 is 1.37 bits per heavy atom. The summed E-state index contributed by atoms with van der Waals surface area (Å²) in [5.74, 6) is 0.783. The van der Waals surface area contributed by atoms with Gasteiger partial charge in [-0.3, -0.25) is 4.79 Å². The Balaban J connectivity index is 1.66. The first-order valence-corrected chi connectivity index (χ1v) is 7.19. The number of nitrogens with zero attached hydrogens (tertiary/aromatic N) is 1. The number of hydrogen-bond acceptors (Lipinski definition) is 2. The standard InChI is InChI=1S/C16H21NO2/c1-11-5-2-3-7-13(11)14-9-15(14)16(19)17-8-4-6-12(18)10-17/h2-3,5,7,12,14-15,18H,4,6,8-10H2,1H3. The van der Waals surface area contributed by atoms with E-state index in [0.717, 1.165) is 25.8 Å². The van der Waals surface area contributed by atoms with Crippen molar-refractivity contribution in [2.75, 3.05) is 13.1 Å². The van der Waals surface area contributed by atoms with Crippen molar-refractivity contribution in [2.45, 2.75) is 38.2 Å². The Labute approximate surface area is 114 Å². The lowest BCUT2D eigenvalue weighted by molar-refractivity contribution is -0.135. The Morgan fingerprint density at radius 3 is 2.89 bits per heavy atom. The lowest BCUT2D eigenvalue weighted by Crippen LogP contribution is -2.43. The van der Waals surface area contributed by atoms with Crippen LogP contribution in [0.2, 0.25) is 0 Å². The predicted molar refractivity (Wildman–Crippen MR) is 73.8 cm³/mol. The summed E-state index contributed by atoms with van der Waals surface area (Å²) in [5.41, 5.74) is 2.60. The van der Waals surface area contributed by atoms with Gasteiger partial charge < -0.3 is 10.0 Å². The number of hydrogen-bond donors (Lipinski definition) is 1. The molecule has 3 unspecified atom stereocenters. The zero-order chi connectivity index (χ0) is 13.4. The predicted octanol–water partition coefficient (Wildman–Crippen LogP) is 2.08. The van der Waals surface area contributed by atoms with Gasteiger partial charge in [0.25, 0.3) is 0 Å². The third kappa shape index (κ3) is 2.52. The first-order chi connectivity index (χ1) is 9.16. The van der Waals surface area contributed by atoms with Crippen LogP contribution in [-0.2, 0) is 4.79 Å². The van der Waals surface area contributed by atoms with Crippen LogP contribution in [0.5, 0.6) is 0 Å². The summed E-state index contributed by atoms with van der Waals surface area (Å²) < 4.78 is 0. The van der Waals surface area contributed by atoms with Crippen LogP contribution in [0.3, 0.4) is 0 Å². The van der Waals surface area contributed by atoms with Crippen molar-refractivity contribution >= 4 is 5.91 Å². The molecular weight excluding hydrogens is 238 g/mol. The molecule has 1 N–H and O–H groups in total.